The van der Waals surface area contributed by atoms with E-state index in [1.54, 1.807) is 0 Å². The average molecular weight is 266 g/mol. The zero-order valence-corrected chi connectivity index (χ0v) is 10.7. The Morgan fingerprint density at radius 3 is 2.24 bits per heavy atom. The number of rotatable bonds is 3. The highest BCUT2D eigenvalue weighted by atomic mass is 35.5. The van der Waals surface area contributed by atoms with Gasteiger partial charge in [0.1, 0.15) is 0 Å². The number of halogens is 2. The van der Waals surface area contributed by atoms with Gasteiger partial charge in [0.15, 0.2) is 0 Å². The van der Waals surface area contributed by atoms with Gasteiger partial charge in [0.05, 0.1) is 0 Å². The summed E-state index contributed by atoms with van der Waals surface area (Å²) in [6.45, 7) is 0. The van der Waals surface area contributed by atoms with E-state index < -0.39 is 0 Å². The van der Waals surface area contributed by atoms with Crippen molar-refractivity contribution in [1.29, 1.82) is 0 Å². The van der Waals surface area contributed by atoms with Crippen LogP contribution in [0.15, 0.2) is 48.5 Å². The van der Waals surface area contributed by atoms with Gasteiger partial charge in [-0.05, 0) is 35.7 Å². The fourth-order valence-corrected chi connectivity index (χ4v) is 2.16. The zero-order valence-electron chi connectivity index (χ0n) is 9.24. The molecule has 2 N–H and O–H groups in total. The van der Waals surface area contributed by atoms with E-state index >= 15 is 0 Å². The van der Waals surface area contributed by atoms with Gasteiger partial charge in [-0.3, -0.25) is 0 Å². The van der Waals surface area contributed by atoms with Crippen molar-refractivity contribution in [3.05, 3.63) is 69.7 Å². The van der Waals surface area contributed by atoms with Gasteiger partial charge in [0.2, 0.25) is 0 Å². The van der Waals surface area contributed by atoms with Crippen molar-refractivity contribution in [1.82, 2.24) is 0 Å². The van der Waals surface area contributed by atoms with E-state index in [4.69, 9.17) is 28.9 Å². The predicted octanol–water partition coefficient (Wildman–Crippen LogP) is 4.24. The number of nitrogens with two attached hydrogens (primary N) is 1. The molecule has 3 heteroatoms. The molecule has 0 amide bonds. The Bertz CT molecular complexity index is 494. The first kappa shape index (κ1) is 12.4. The maximum atomic E-state index is 6.15. The van der Waals surface area contributed by atoms with Crippen molar-refractivity contribution in [3.8, 4) is 0 Å². The standard InChI is InChI=1S/C14H13Cl2N/c15-11-7-5-10(6-8-11)9-14(17)12-3-1-2-4-13(12)16/h1-8,14H,9,17H2. The van der Waals surface area contributed by atoms with E-state index in [0.29, 0.717) is 5.02 Å². The molecule has 0 aliphatic rings. The van der Waals surface area contributed by atoms with Gasteiger partial charge in [-0.25, -0.2) is 0 Å². The topological polar surface area (TPSA) is 26.0 Å². The Labute approximate surface area is 111 Å². The summed E-state index contributed by atoms with van der Waals surface area (Å²) in [6.07, 6.45) is 0.751. The molecule has 1 atom stereocenters. The summed E-state index contributed by atoms with van der Waals surface area (Å²) in [6, 6.07) is 15.3. The van der Waals surface area contributed by atoms with E-state index in [1.165, 1.54) is 0 Å². The largest absolute Gasteiger partial charge is 0.324 e. The SMILES string of the molecule is NC(Cc1ccc(Cl)cc1)c1ccccc1Cl. The molecule has 0 bridgehead atoms. The molecule has 0 aliphatic carbocycles. The summed E-state index contributed by atoms with van der Waals surface area (Å²) in [4.78, 5) is 0. The second-order valence-electron chi connectivity index (χ2n) is 3.96. The minimum atomic E-state index is -0.0927. The molecule has 0 radical (unpaired) electrons. The lowest BCUT2D eigenvalue weighted by Crippen LogP contribution is -2.13. The van der Waals surface area contributed by atoms with Gasteiger partial charge in [0, 0.05) is 16.1 Å². The first-order valence-corrected chi connectivity index (χ1v) is 6.17. The van der Waals surface area contributed by atoms with Gasteiger partial charge in [-0.1, -0.05) is 53.5 Å². The summed E-state index contributed by atoms with van der Waals surface area (Å²) in [5, 5.41) is 1.45. The van der Waals surface area contributed by atoms with Gasteiger partial charge in [-0.15, -0.1) is 0 Å². The molecule has 1 unspecified atom stereocenters. The van der Waals surface area contributed by atoms with Crippen molar-refractivity contribution in [2.45, 2.75) is 12.5 Å². The lowest BCUT2D eigenvalue weighted by Gasteiger charge is -2.13. The molecule has 0 spiro atoms. The van der Waals surface area contributed by atoms with Crippen LogP contribution in [-0.4, -0.2) is 0 Å². The van der Waals surface area contributed by atoms with Gasteiger partial charge < -0.3 is 5.73 Å². The molecule has 17 heavy (non-hydrogen) atoms. The van der Waals surface area contributed by atoms with Gasteiger partial charge >= 0.3 is 0 Å². The molecule has 2 aromatic carbocycles. The molecule has 0 heterocycles. The van der Waals surface area contributed by atoms with Crippen LogP contribution in [0.1, 0.15) is 17.2 Å². The fourth-order valence-electron chi connectivity index (χ4n) is 1.76. The molecule has 1 nitrogen and oxygen atoms in total. The summed E-state index contributed by atoms with van der Waals surface area (Å²) < 4.78 is 0. The third-order valence-corrected chi connectivity index (χ3v) is 3.27. The highest BCUT2D eigenvalue weighted by molar-refractivity contribution is 6.31. The lowest BCUT2D eigenvalue weighted by molar-refractivity contribution is 0.722. The number of hydrogen-bond donors (Lipinski definition) is 1. The minimum Gasteiger partial charge on any atom is -0.324 e. The lowest BCUT2D eigenvalue weighted by atomic mass is 10.00. The highest BCUT2D eigenvalue weighted by Gasteiger charge is 2.10. The van der Waals surface area contributed by atoms with Gasteiger partial charge in [0.25, 0.3) is 0 Å². The van der Waals surface area contributed by atoms with Crippen LogP contribution in [0.5, 0.6) is 0 Å². The van der Waals surface area contributed by atoms with Crippen molar-refractivity contribution in [2.75, 3.05) is 0 Å². The van der Waals surface area contributed by atoms with Crippen LogP contribution >= 0.6 is 23.2 Å². The number of hydrogen-bond acceptors (Lipinski definition) is 1. The second-order valence-corrected chi connectivity index (χ2v) is 4.80. The number of benzene rings is 2. The van der Waals surface area contributed by atoms with Crippen molar-refractivity contribution in [2.24, 2.45) is 5.73 Å². The van der Waals surface area contributed by atoms with Crippen LogP contribution < -0.4 is 5.73 Å². The van der Waals surface area contributed by atoms with Crippen LogP contribution in [0, 0.1) is 0 Å². The third kappa shape index (κ3) is 3.22. The smallest absolute Gasteiger partial charge is 0.0453 e. The van der Waals surface area contributed by atoms with Gasteiger partial charge in [-0.2, -0.15) is 0 Å². The quantitative estimate of drug-likeness (QED) is 0.883. The Morgan fingerprint density at radius 1 is 0.941 bits per heavy atom. The van der Waals surface area contributed by atoms with Crippen LogP contribution in [0.3, 0.4) is 0 Å². The average Bonchev–Trinajstić information content (AvgIpc) is 2.32. The maximum absolute atomic E-state index is 6.15. The molecule has 2 aromatic rings. The van der Waals surface area contributed by atoms with Crippen LogP contribution in [-0.2, 0) is 6.42 Å². The molecule has 88 valence electrons. The second kappa shape index (κ2) is 5.54. The summed E-state index contributed by atoms with van der Waals surface area (Å²) in [5.41, 5.74) is 8.28. The maximum Gasteiger partial charge on any atom is 0.0453 e. The van der Waals surface area contributed by atoms with E-state index in [2.05, 4.69) is 0 Å². The van der Waals surface area contributed by atoms with E-state index in [1.807, 2.05) is 48.5 Å². The van der Waals surface area contributed by atoms with E-state index in [9.17, 15) is 0 Å². The minimum absolute atomic E-state index is 0.0927. The Hall–Kier alpha value is -1.02. The first-order valence-electron chi connectivity index (χ1n) is 5.41. The molecule has 0 saturated heterocycles. The Balaban J connectivity index is 2.14. The monoisotopic (exact) mass is 265 g/mol. The van der Waals surface area contributed by atoms with Crippen LogP contribution in [0.25, 0.3) is 0 Å². The molecular weight excluding hydrogens is 253 g/mol. The predicted molar refractivity (Wildman–Crippen MR) is 73.5 cm³/mol. The van der Waals surface area contributed by atoms with Crippen molar-refractivity contribution < 1.29 is 0 Å². The zero-order chi connectivity index (χ0) is 12.3. The molecule has 0 aromatic heterocycles. The Kier molecular flexibility index (Phi) is 4.06. The summed E-state index contributed by atoms with van der Waals surface area (Å²) in [7, 11) is 0. The summed E-state index contributed by atoms with van der Waals surface area (Å²) >= 11 is 11.9. The third-order valence-electron chi connectivity index (χ3n) is 2.67. The molecule has 0 saturated carbocycles. The fraction of sp³-hybridized carbons (Fsp3) is 0.143. The normalized spacial score (nSPS) is 12.4. The molecule has 0 aliphatic heterocycles. The first-order chi connectivity index (χ1) is 8.16. The summed E-state index contributed by atoms with van der Waals surface area (Å²) in [5.74, 6) is 0. The Morgan fingerprint density at radius 2 is 1.59 bits per heavy atom. The van der Waals surface area contributed by atoms with Crippen molar-refractivity contribution in [3.63, 3.8) is 0 Å². The molecule has 2 rings (SSSR count). The molecular formula is C14H13Cl2N. The van der Waals surface area contributed by atoms with E-state index in [0.717, 1.165) is 22.6 Å². The van der Waals surface area contributed by atoms with Crippen molar-refractivity contribution >= 4 is 23.2 Å². The highest BCUT2D eigenvalue weighted by Crippen LogP contribution is 2.24. The van der Waals surface area contributed by atoms with E-state index in [-0.39, 0.29) is 6.04 Å². The van der Waals surface area contributed by atoms with Crippen LogP contribution in [0.4, 0.5) is 0 Å². The molecule has 0 fully saturated rings. The van der Waals surface area contributed by atoms with Crippen LogP contribution in [0.2, 0.25) is 10.0 Å².